The van der Waals surface area contributed by atoms with Crippen molar-refractivity contribution in [2.24, 2.45) is 5.73 Å². The van der Waals surface area contributed by atoms with Crippen LogP contribution < -0.4 is 5.73 Å². The first kappa shape index (κ1) is 13.2. The largest absolute Gasteiger partial charge is 0.320 e. The van der Waals surface area contributed by atoms with E-state index in [0.29, 0.717) is 5.56 Å². The van der Waals surface area contributed by atoms with Crippen molar-refractivity contribution >= 4 is 15.9 Å². The van der Waals surface area contributed by atoms with Gasteiger partial charge in [-0.15, -0.1) is 0 Å². The molecule has 1 heterocycles. The molecule has 0 aliphatic rings. The Labute approximate surface area is 112 Å². The molecule has 1 aromatic heterocycles. The minimum absolute atomic E-state index is 0.185. The lowest BCUT2D eigenvalue weighted by atomic mass is 9.93. The van der Waals surface area contributed by atoms with Crippen LogP contribution in [0.4, 0.5) is 8.78 Å². The van der Waals surface area contributed by atoms with E-state index in [0.717, 1.165) is 10.7 Å². The van der Waals surface area contributed by atoms with Gasteiger partial charge < -0.3 is 5.73 Å². The Kier molecular flexibility index (Phi) is 3.49. The van der Waals surface area contributed by atoms with Gasteiger partial charge in [0, 0.05) is 10.0 Å². The molecule has 0 amide bonds. The van der Waals surface area contributed by atoms with Crippen LogP contribution in [0.5, 0.6) is 0 Å². The number of halogens is 3. The van der Waals surface area contributed by atoms with Gasteiger partial charge in [0.25, 0.3) is 0 Å². The quantitative estimate of drug-likeness (QED) is 0.946. The molecule has 0 bridgehead atoms. The topological polar surface area (TPSA) is 43.8 Å². The van der Waals surface area contributed by atoms with E-state index in [1.165, 1.54) is 16.9 Å². The summed E-state index contributed by atoms with van der Waals surface area (Å²) < 4.78 is 28.7. The van der Waals surface area contributed by atoms with Crippen LogP contribution in [0.2, 0.25) is 0 Å². The monoisotopic (exact) mass is 315 g/mol. The molecule has 1 aromatic carbocycles. The molecular weight excluding hydrogens is 304 g/mol. The zero-order valence-corrected chi connectivity index (χ0v) is 11.3. The zero-order valence-electron chi connectivity index (χ0n) is 9.70. The summed E-state index contributed by atoms with van der Waals surface area (Å²) in [6, 6.07) is 4.56. The molecule has 2 rings (SSSR count). The smallest absolute Gasteiger partial charge is 0.161 e. The van der Waals surface area contributed by atoms with Crippen molar-refractivity contribution in [2.75, 3.05) is 0 Å². The van der Waals surface area contributed by atoms with Crippen molar-refractivity contribution in [3.05, 3.63) is 52.3 Å². The molecule has 2 aromatic rings. The maximum Gasteiger partial charge on any atom is 0.161 e. The molecule has 6 heteroatoms. The van der Waals surface area contributed by atoms with E-state index in [4.69, 9.17) is 5.73 Å². The lowest BCUT2D eigenvalue weighted by Gasteiger charge is -2.25. The first-order chi connectivity index (χ1) is 8.38. The van der Waals surface area contributed by atoms with Crippen LogP contribution in [0, 0.1) is 11.6 Å². The summed E-state index contributed by atoms with van der Waals surface area (Å²) in [7, 11) is 0. The number of aromatic nitrogens is 2. The van der Waals surface area contributed by atoms with E-state index < -0.39 is 17.2 Å². The van der Waals surface area contributed by atoms with Gasteiger partial charge in [-0.3, -0.25) is 4.68 Å². The molecule has 0 aliphatic carbocycles. The average molecular weight is 316 g/mol. The van der Waals surface area contributed by atoms with Gasteiger partial charge in [0.2, 0.25) is 0 Å². The first-order valence-electron chi connectivity index (χ1n) is 5.31. The van der Waals surface area contributed by atoms with Crippen molar-refractivity contribution in [1.29, 1.82) is 0 Å². The van der Waals surface area contributed by atoms with Crippen LogP contribution in [0.3, 0.4) is 0 Å². The minimum atomic E-state index is -0.980. The third-order valence-electron chi connectivity index (χ3n) is 2.64. The Morgan fingerprint density at radius 1 is 1.44 bits per heavy atom. The second kappa shape index (κ2) is 4.78. The van der Waals surface area contributed by atoms with Crippen molar-refractivity contribution in [3.63, 3.8) is 0 Å². The predicted octanol–water partition coefficient (Wildman–Crippen LogP) is 2.80. The number of nitrogens with two attached hydrogens (primary N) is 1. The summed E-state index contributed by atoms with van der Waals surface area (Å²) in [5, 5.41) is 3.81. The third-order valence-corrected chi connectivity index (χ3v) is 3.13. The van der Waals surface area contributed by atoms with E-state index in [-0.39, 0.29) is 6.54 Å². The third kappa shape index (κ3) is 2.76. The van der Waals surface area contributed by atoms with Crippen LogP contribution in [0.25, 0.3) is 0 Å². The number of rotatable bonds is 3. The van der Waals surface area contributed by atoms with Gasteiger partial charge in [-0.1, -0.05) is 15.9 Å². The van der Waals surface area contributed by atoms with Crippen LogP contribution in [-0.4, -0.2) is 9.78 Å². The number of benzene rings is 1. The number of hydrogen-bond donors (Lipinski definition) is 1. The van der Waals surface area contributed by atoms with Gasteiger partial charge in [-0.25, -0.2) is 8.78 Å². The number of nitrogens with zero attached hydrogens (tertiary/aromatic N) is 2. The van der Waals surface area contributed by atoms with Crippen molar-refractivity contribution in [1.82, 2.24) is 9.78 Å². The van der Waals surface area contributed by atoms with Crippen LogP contribution in [-0.2, 0) is 12.1 Å². The normalized spacial score (nSPS) is 14.5. The molecular formula is C12H12BrF2N3. The van der Waals surface area contributed by atoms with Gasteiger partial charge in [0.15, 0.2) is 5.82 Å². The molecule has 2 N–H and O–H groups in total. The Morgan fingerprint density at radius 2 is 2.17 bits per heavy atom. The fourth-order valence-corrected chi connectivity index (χ4v) is 2.14. The summed E-state index contributed by atoms with van der Waals surface area (Å²) >= 11 is 3.27. The molecule has 0 saturated carbocycles. The second-order valence-electron chi connectivity index (χ2n) is 4.40. The summed E-state index contributed by atoms with van der Waals surface area (Å²) in [4.78, 5) is 0. The molecule has 0 saturated heterocycles. The van der Waals surface area contributed by atoms with Gasteiger partial charge in [-0.05, 0) is 25.1 Å². The van der Waals surface area contributed by atoms with Crippen LogP contribution in [0.15, 0.2) is 35.1 Å². The molecule has 0 fully saturated rings. The first-order valence-corrected chi connectivity index (χ1v) is 6.10. The van der Waals surface area contributed by atoms with Crippen molar-refractivity contribution in [2.45, 2.75) is 19.0 Å². The Balaban J connectivity index is 2.32. The Bertz CT molecular complexity index is 566. The fourth-order valence-electron chi connectivity index (χ4n) is 1.78. The minimum Gasteiger partial charge on any atom is -0.320 e. The van der Waals surface area contributed by atoms with E-state index in [2.05, 4.69) is 21.0 Å². The maximum absolute atomic E-state index is 13.8. The highest BCUT2D eigenvalue weighted by Gasteiger charge is 2.26. The summed E-state index contributed by atoms with van der Waals surface area (Å²) in [6.45, 7) is 1.86. The van der Waals surface area contributed by atoms with Crippen LogP contribution >= 0.6 is 15.9 Å². The van der Waals surface area contributed by atoms with Crippen LogP contribution in [0.1, 0.15) is 12.5 Å². The van der Waals surface area contributed by atoms with Gasteiger partial charge >= 0.3 is 0 Å². The van der Waals surface area contributed by atoms with Crippen molar-refractivity contribution in [3.8, 4) is 0 Å². The molecule has 96 valence electrons. The van der Waals surface area contributed by atoms with E-state index in [1.807, 2.05) is 0 Å². The van der Waals surface area contributed by atoms with Gasteiger partial charge in [-0.2, -0.15) is 5.10 Å². The Morgan fingerprint density at radius 3 is 2.78 bits per heavy atom. The SMILES string of the molecule is C[C@](N)(Cn1cc(F)cn1)c1cc(Br)ccc1F. The highest BCUT2D eigenvalue weighted by molar-refractivity contribution is 9.10. The molecule has 0 unspecified atom stereocenters. The van der Waals surface area contributed by atoms with Gasteiger partial charge in [0.05, 0.1) is 24.5 Å². The molecule has 0 spiro atoms. The summed E-state index contributed by atoms with van der Waals surface area (Å²) in [5.41, 5.74) is 5.48. The molecule has 0 aliphatic heterocycles. The predicted molar refractivity (Wildman–Crippen MR) is 67.8 cm³/mol. The summed E-state index contributed by atoms with van der Waals surface area (Å²) in [6.07, 6.45) is 2.31. The lowest BCUT2D eigenvalue weighted by Crippen LogP contribution is -2.38. The van der Waals surface area contributed by atoms with Gasteiger partial charge in [0.1, 0.15) is 5.82 Å². The number of hydrogen-bond acceptors (Lipinski definition) is 2. The fraction of sp³-hybridized carbons (Fsp3) is 0.250. The van der Waals surface area contributed by atoms with Crippen molar-refractivity contribution < 1.29 is 8.78 Å². The van der Waals surface area contributed by atoms with E-state index in [9.17, 15) is 8.78 Å². The van der Waals surface area contributed by atoms with E-state index >= 15 is 0 Å². The molecule has 3 nitrogen and oxygen atoms in total. The highest BCUT2D eigenvalue weighted by Crippen LogP contribution is 2.26. The van der Waals surface area contributed by atoms with E-state index in [1.54, 1.807) is 19.1 Å². The zero-order chi connectivity index (χ0) is 13.3. The maximum atomic E-state index is 13.8. The molecule has 1 atom stereocenters. The lowest BCUT2D eigenvalue weighted by molar-refractivity contribution is 0.372. The highest BCUT2D eigenvalue weighted by atomic mass is 79.9. The average Bonchev–Trinajstić information content (AvgIpc) is 2.66. The summed E-state index contributed by atoms with van der Waals surface area (Å²) in [5.74, 6) is -0.837. The Hall–Kier alpha value is -1.27. The molecule has 0 radical (unpaired) electrons. The molecule has 18 heavy (non-hydrogen) atoms. The second-order valence-corrected chi connectivity index (χ2v) is 5.31. The standard InChI is InChI=1S/C12H12BrF2N3/c1-12(16,7-18-6-9(14)5-17-18)10-4-8(13)2-3-11(10)15/h2-6H,7,16H2,1H3/t12-/m0/s1.